The van der Waals surface area contributed by atoms with Crippen molar-refractivity contribution < 1.29 is 19.1 Å². The van der Waals surface area contributed by atoms with Gasteiger partial charge in [-0.15, -0.1) is 0 Å². The molecule has 7 heteroatoms. The van der Waals surface area contributed by atoms with Crippen molar-refractivity contribution in [2.75, 3.05) is 7.11 Å². The zero-order valence-corrected chi connectivity index (χ0v) is 22.6. The molecule has 1 aliphatic heterocycles. The summed E-state index contributed by atoms with van der Waals surface area (Å²) in [4.78, 5) is 25.6. The number of nitrogens with zero attached hydrogens (tertiary/aromatic N) is 2. The van der Waals surface area contributed by atoms with Gasteiger partial charge in [-0.3, -0.25) is 9.59 Å². The van der Waals surface area contributed by atoms with Gasteiger partial charge >= 0.3 is 0 Å². The molecule has 38 heavy (non-hydrogen) atoms. The lowest BCUT2D eigenvalue weighted by Gasteiger charge is -2.29. The summed E-state index contributed by atoms with van der Waals surface area (Å²) >= 11 is 0. The number of amides is 2. The Morgan fingerprint density at radius 3 is 2.39 bits per heavy atom. The topological polar surface area (TPSA) is 80.2 Å². The summed E-state index contributed by atoms with van der Waals surface area (Å²) in [6.45, 7) is 2.46. The van der Waals surface area contributed by atoms with Gasteiger partial charge in [0.05, 0.1) is 25.5 Å². The zero-order valence-electron chi connectivity index (χ0n) is 22.6. The third-order valence-corrected chi connectivity index (χ3v) is 8.11. The lowest BCUT2D eigenvalue weighted by molar-refractivity contribution is -0.133. The van der Waals surface area contributed by atoms with Crippen molar-refractivity contribution in [1.29, 1.82) is 0 Å². The minimum atomic E-state index is -0.0290. The number of hydrogen-bond acceptors (Lipinski definition) is 5. The molecule has 1 atom stereocenters. The van der Waals surface area contributed by atoms with Gasteiger partial charge in [-0.05, 0) is 80.8 Å². The zero-order chi connectivity index (χ0) is 26.5. The third-order valence-electron chi connectivity index (χ3n) is 8.11. The van der Waals surface area contributed by atoms with E-state index in [1.165, 1.54) is 25.7 Å². The highest BCUT2D eigenvalue weighted by Crippen LogP contribution is 2.34. The molecule has 2 fully saturated rings. The molecule has 2 aromatic rings. The van der Waals surface area contributed by atoms with Gasteiger partial charge in [-0.25, -0.2) is 5.01 Å². The fraction of sp³-hybridized carbons (Fsp3) is 0.516. The van der Waals surface area contributed by atoms with E-state index in [9.17, 15) is 9.59 Å². The summed E-state index contributed by atoms with van der Waals surface area (Å²) < 4.78 is 11.9. The molecule has 1 heterocycles. The minimum absolute atomic E-state index is 0.0135. The van der Waals surface area contributed by atoms with Crippen molar-refractivity contribution in [3.8, 4) is 11.5 Å². The van der Waals surface area contributed by atoms with Gasteiger partial charge in [-0.1, -0.05) is 31.9 Å². The first kappa shape index (κ1) is 26.3. The van der Waals surface area contributed by atoms with Crippen molar-refractivity contribution in [3.05, 3.63) is 59.2 Å². The summed E-state index contributed by atoms with van der Waals surface area (Å²) in [6, 6.07) is 13.8. The predicted molar refractivity (Wildman–Crippen MR) is 148 cm³/mol. The van der Waals surface area contributed by atoms with Gasteiger partial charge in [-0.2, -0.15) is 5.10 Å². The molecule has 2 amide bonds. The van der Waals surface area contributed by atoms with E-state index in [0.717, 1.165) is 60.4 Å². The van der Waals surface area contributed by atoms with Crippen LogP contribution in [0.2, 0.25) is 0 Å². The SMILES string of the molecule is CCC1CC(=O)N(Cc2ccc(C(=O)NC3CCCC3)cc2)N=C1c1ccc(OC)c(OC2CCCC2)c1. The molecule has 2 aliphatic carbocycles. The van der Waals surface area contributed by atoms with Gasteiger partial charge in [0.15, 0.2) is 11.5 Å². The van der Waals surface area contributed by atoms with Gasteiger partial charge < -0.3 is 14.8 Å². The van der Waals surface area contributed by atoms with Crippen molar-refractivity contribution in [2.45, 2.75) is 89.8 Å². The van der Waals surface area contributed by atoms with Gasteiger partial charge in [0.2, 0.25) is 5.91 Å². The number of carbonyl (C=O) groups excluding carboxylic acids is 2. The number of nitrogens with one attached hydrogen (secondary N) is 1. The molecule has 1 unspecified atom stereocenters. The maximum Gasteiger partial charge on any atom is 0.251 e. The summed E-state index contributed by atoms with van der Waals surface area (Å²) in [6.07, 6.45) is 10.5. The molecule has 2 saturated carbocycles. The Balaban J connectivity index is 1.33. The Morgan fingerprint density at radius 2 is 1.71 bits per heavy atom. The summed E-state index contributed by atoms with van der Waals surface area (Å²) in [5, 5.41) is 9.56. The highest BCUT2D eigenvalue weighted by molar-refractivity contribution is 6.06. The number of benzene rings is 2. The van der Waals surface area contributed by atoms with Gasteiger partial charge in [0.1, 0.15) is 0 Å². The minimum Gasteiger partial charge on any atom is -0.493 e. The van der Waals surface area contributed by atoms with E-state index in [1.54, 1.807) is 12.1 Å². The van der Waals surface area contributed by atoms with E-state index in [4.69, 9.17) is 14.6 Å². The van der Waals surface area contributed by atoms with Crippen LogP contribution in [0.5, 0.6) is 11.5 Å². The molecule has 7 nitrogen and oxygen atoms in total. The molecular weight excluding hydrogens is 478 g/mol. The van der Waals surface area contributed by atoms with Crippen molar-refractivity contribution in [1.82, 2.24) is 10.3 Å². The Morgan fingerprint density at radius 1 is 1.00 bits per heavy atom. The maximum atomic E-state index is 13.0. The van der Waals surface area contributed by atoms with E-state index in [0.29, 0.717) is 18.5 Å². The van der Waals surface area contributed by atoms with Crippen LogP contribution in [0.3, 0.4) is 0 Å². The lowest BCUT2D eigenvalue weighted by atomic mass is 9.89. The van der Waals surface area contributed by atoms with Crippen molar-refractivity contribution >= 4 is 17.5 Å². The first-order valence-electron chi connectivity index (χ1n) is 14.2. The van der Waals surface area contributed by atoms with Crippen LogP contribution >= 0.6 is 0 Å². The number of hydrazone groups is 1. The molecule has 202 valence electrons. The Kier molecular flexibility index (Phi) is 8.30. The normalized spacial score (nSPS) is 20.5. The molecular formula is C31H39N3O4. The molecule has 1 N–H and O–H groups in total. The smallest absolute Gasteiger partial charge is 0.251 e. The summed E-state index contributed by atoms with van der Waals surface area (Å²) in [5.41, 5.74) is 3.45. The van der Waals surface area contributed by atoms with Gasteiger partial charge in [0.25, 0.3) is 5.91 Å². The Bertz CT molecular complexity index is 1160. The average molecular weight is 518 g/mol. The van der Waals surface area contributed by atoms with Crippen LogP contribution in [-0.2, 0) is 11.3 Å². The standard InChI is InChI=1S/C31H39N3O4/c1-3-22-19-29(35)34(20-21-12-14-23(15-13-21)31(36)32-25-8-4-5-9-25)33-30(22)24-16-17-27(37-2)28(18-24)38-26-10-6-7-11-26/h12-18,22,25-26H,3-11,19-20H2,1-2H3,(H,32,36). The highest BCUT2D eigenvalue weighted by Gasteiger charge is 2.30. The molecule has 3 aliphatic rings. The second-order valence-electron chi connectivity index (χ2n) is 10.8. The fourth-order valence-electron chi connectivity index (χ4n) is 5.82. The van der Waals surface area contributed by atoms with Crippen LogP contribution in [0.4, 0.5) is 0 Å². The average Bonchev–Trinajstić information content (AvgIpc) is 3.64. The quantitative estimate of drug-likeness (QED) is 0.452. The number of carbonyl (C=O) groups is 2. The first-order chi connectivity index (χ1) is 18.5. The van der Waals surface area contributed by atoms with Crippen LogP contribution in [0, 0.1) is 5.92 Å². The van der Waals surface area contributed by atoms with Crippen LogP contribution in [0.15, 0.2) is 47.6 Å². The van der Waals surface area contributed by atoms with E-state index in [2.05, 4.69) is 12.2 Å². The highest BCUT2D eigenvalue weighted by atomic mass is 16.5. The van der Waals surface area contributed by atoms with E-state index < -0.39 is 0 Å². The molecule has 0 radical (unpaired) electrons. The van der Waals surface area contributed by atoms with Crippen LogP contribution in [-0.4, -0.2) is 41.8 Å². The van der Waals surface area contributed by atoms with E-state index in [1.807, 2.05) is 42.5 Å². The summed E-state index contributed by atoms with van der Waals surface area (Å²) in [5.74, 6) is 1.49. The second kappa shape index (κ2) is 12.0. The van der Waals surface area contributed by atoms with Crippen LogP contribution < -0.4 is 14.8 Å². The monoisotopic (exact) mass is 517 g/mol. The molecule has 0 saturated heterocycles. The van der Waals surface area contributed by atoms with E-state index in [-0.39, 0.29) is 29.9 Å². The van der Waals surface area contributed by atoms with E-state index >= 15 is 0 Å². The van der Waals surface area contributed by atoms with Crippen molar-refractivity contribution in [2.24, 2.45) is 11.0 Å². The number of methoxy groups -OCH3 is 1. The molecule has 5 rings (SSSR count). The maximum absolute atomic E-state index is 13.0. The second-order valence-corrected chi connectivity index (χ2v) is 10.8. The van der Waals surface area contributed by atoms with Crippen molar-refractivity contribution in [3.63, 3.8) is 0 Å². The Labute approximate surface area is 225 Å². The molecule has 2 aromatic carbocycles. The predicted octanol–water partition coefficient (Wildman–Crippen LogP) is 5.85. The number of ether oxygens (including phenoxy) is 2. The fourth-order valence-corrected chi connectivity index (χ4v) is 5.82. The number of hydrogen-bond donors (Lipinski definition) is 1. The number of rotatable bonds is 9. The first-order valence-corrected chi connectivity index (χ1v) is 14.2. The summed E-state index contributed by atoms with van der Waals surface area (Å²) in [7, 11) is 1.66. The molecule has 0 bridgehead atoms. The van der Waals surface area contributed by atoms with Gasteiger partial charge in [0, 0.05) is 29.5 Å². The lowest BCUT2D eigenvalue weighted by Crippen LogP contribution is -2.36. The van der Waals surface area contributed by atoms with Crippen LogP contribution in [0.1, 0.15) is 92.6 Å². The largest absolute Gasteiger partial charge is 0.493 e. The van der Waals surface area contributed by atoms with Crippen LogP contribution in [0.25, 0.3) is 0 Å². The molecule has 0 aromatic heterocycles. The molecule has 0 spiro atoms. The third kappa shape index (κ3) is 6.03. The Hall–Kier alpha value is -3.35.